The molecule has 0 fully saturated rings. The van der Waals surface area contributed by atoms with Crippen LogP contribution < -0.4 is 10.6 Å². The van der Waals surface area contributed by atoms with Crippen molar-refractivity contribution in [2.75, 3.05) is 10.6 Å². The number of hydrogen-bond donors (Lipinski definition) is 3. The molecule has 4 rings (SSSR count). The van der Waals surface area contributed by atoms with Crippen molar-refractivity contribution in [2.45, 2.75) is 58.5 Å². The van der Waals surface area contributed by atoms with Crippen LogP contribution in [0.25, 0.3) is 10.8 Å². The Bertz CT molecular complexity index is 979. The largest absolute Gasteiger partial charge is 0.507 e. The van der Waals surface area contributed by atoms with E-state index in [0.717, 1.165) is 28.1 Å². The van der Waals surface area contributed by atoms with E-state index in [9.17, 15) is 5.11 Å². The third-order valence-electron chi connectivity index (χ3n) is 5.59. The number of rotatable bonds is 1. The molecule has 1 aliphatic heterocycles. The van der Waals surface area contributed by atoms with Gasteiger partial charge in [-0.15, -0.1) is 0 Å². The zero-order chi connectivity index (χ0) is 20.3. The summed E-state index contributed by atoms with van der Waals surface area (Å²) in [7, 11) is 0. The lowest BCUT2D eigenvalue weighted by molar-refractivity contribution is 0.422. The normalized spacial score (nSPS) is 14.6. The highest BCUT2D eigenvalue weighted by Crippen LogP contribution is 2.43. The fourth-order valence-electron chi connectivity index (χ4n) is 4.06. The Balaban J connectivity index is 1.86. The van der Waals surface area contributed by atoms with Gasteiger partial charge in [-0.25, -0.2) is 0 Å². The minimum absolute atomic E-state index is 0.0525. The first-order chi connectivity index (χ1) is 13.1. The van der Waals surface area contributed by atoms with Gasteiger partial charge in [-0.05, 0) is 57.2 Å². The summed E-state index contributed by atoms with van der Waals surface area (Å²) in [5.41, 5.74) is 5.09. The summed E-state index contributed by atoms with van der Waals surface area (Å²) < 4.78 is 0. The monoisotopic (exact) mass is 374 g/mol. The maximum absolute atomic E-state index is 11.0. The van der Waals surface area contributed by atoms with Gasteiger partial charge in [0, 0.05) is 16.8 Å². The van der Waals surface area contributed by atoms with Gasteiger partial charge in [0.15, 0.2) is 0 Å². The highest BCUT2D eigenvalue weighted by atomic mass is 16.3. The second-order valence-corrected chi connectivity index (χ2v) is 9.90. The summed E-state index contributed by atoms with van der Waals surface area (Å²) in [6.45, 7) is 12.9. The van der Waals surface area contributed by atoms with Crippen LogP contribution in [0.2, 0.25) is 0 Å². The molecule has 0 amide bonds. The Hall–Kier alpha value is -2.68. The Labute approximate surface area is 167 Å². The molecule has 0 aliphatic carbocycles. The van der Waals surface area contributed by atoms with Gasteiger partial charge in [0.05, 0.1) is 0 Å². The maximum Gasteiger partial charge on any atom is 0.123 e. The van der Waals surface area contributed by atoms with E-state index < -0.39 is 0 Å². The molecule has 0 bridgehead atoms. The quantitative estimate of drug-likeness (QED) is 0.445. The number of phenols is 1. The predicted molar refractivity (Wildman–Crippen MR) is 119 cm³/mol. The molecule has 0 aromatic heterocycles. The van der Waals surface area contributed by atoms with Crippen molar-refractivity contribution in [2.24, 2.45) is 0 Å². The van der Waals surface area contributed by atoms with E-state index in [0.29, 0.717) is 5.75 Å². The molecule has 3 aromatic rings. The highest BCUT2D eigenvalue weighted by Gasteiger charge is 2.29. The van der Waals surface area contributed by atoms with Gasteiger partial charge in [0.2, 0.25) is 0 Å². The molecule has 146 valence electrons. The standard InChI is InChI=1S/C25H30N2O/c1-24(2,3)17-13-16(14-18(22(17)28)25(4,5)6)23-26-19-11-7-9-15-10-8-12-20(27-23)21(15)19/h7-14,23,26-28H,1-6H3. The van der Waals surface area contributed by atoms with E-state index in [2.05, 4.69) is 101 Å². The molecule has 3 N–H and O–H groups in total. The van der Waals surface area contributed by atoms with Gasteiger partial charge < -0.3 is 15.7 Å². The van der Waals surface area contributed by atoms with Crippen LogP contribution in [-0.2, 0) is 10.8 Å². The number of anilines is 2. The minimum atomic E-state index is -0.146. The Morgan fingerprint density at radius 1 is 0.750 bits per heavy atom. The third kappa shape index (κ3) is 3.09. The van der Waals surface area contributed by atoms with Gasteiger partial charge in [0.1, 0.15) is 11.9 Å². The molecular formula is C25H30N2O. The molecular weight excluding hydrogens is 344 g/mol. The summed E-state index contributed by atoms with van der Waals surface area (Å²) in [6.07, 6.45) is -0.0525. The molecule has 3 nitrogen and oxygen atoms in total. The number of nitrogens with one attached hydrogen (secondary N) is 2. The van der Waals surface area contributed by atoms with Crippen LogP contribution in [0, 0.1) is 0 Å². The zero-order valence-electron chi connectivity index (χ0n) is 17.6. The van der Waals surface area contributed by atoms with E-state index in [-0.39, 0.29) is 17.0 Å². The second-order valence-electron chi connectivity index (χ2n) is 9.90. The molecule has 0 radical (unpaired) electrons. The van der Waals surface area contributed by atoms with Crippen LogP contribution in [0.4, 0.5) is 11.4 Å². The predicted octanol–water partition coefficient (Wildman–Crippen LogP) is 6.68. The minimum Gasteiger partial charge on any atom is -0.507 e. The molecule has 1 heterocycles. The molecule has 0 spiro atoms. The van der Waals surface area contributed by atoms with Crippen molar-refractivity contribution >= 4 is 22.1 Å². The molecule has 3 heteroatoms. The molecule has 0 unspecified atom stereocenters. The fraction of sp³-hybridized carbons (Fsp3) is 0.360. The first-order valence-electron chi connectivity index (χ1n) is 9.98. The molecule has 3 aromatic carbocycles. The van der Waals surface area contributed by atoms with E-state index in [1.165, 1.54) is 10.8 Å². The van der Waals surface area contributed by atoms with Crippen molar-refractivity contribution < 1.29 is 5.11 Å². The van der Waals surface area contributed by atoms with Crippen molar-refractivity contribution in [3.05, 3.63) is 65.2 Å². The average Bonchev–Trinajstić information content (AvgIpc) is 2.60. The summed E-state index contributed by atoms with van der Waals surface area (Å²) in [4.78, 5) is 0. The van der Waals surface area contributed by atoms with E-state index in [4.69, 9.17) is 0 Å². The van der Waals surface area contributed by atoms with Crippen LogP contribution in [0.1, 0.15) is 64.4 Å². The smallest absolute Gasteiger partial charge is 0.123 e. The van der Waals surface area contributed by atoms with Crippen LogP contribution in [0.5, 0.6) is 5.75 Å². The van der Waals surface area contributed by atoms with Crippen LogP contribution in [-0.4, -0.2) is 5.11 Å². The summed E-state index contributed by atoms with van der Waals surface area (Å²) in [5.74, 6) is 0.419. The summed E-state index contributed by atoms with van der Waals surface area (Å²) in [5, 5.41) is 20.8. The molecule has 0 atom stereocenters. The van der Waals surface area contributed by atoms with Gasteiger partial charge in [0.25, 0.3) is 0 Å². The van der Waals surface area contributed by atoms with E-state index in [1.54, 1.807) is 0 Å². The number of hydrogen-bond acceptors (Lipinski definition) is 3. The summed E-state index contributed by atoms with van der Waals surface area (Å²) >= 11 is 0. The first-order valence-corrected chi connectivity index (χ1v) is 9.98. The number of aromatic hydroxyl groups is 1. The molecule has 0 saturated carbocycles. The van der Waals surface area contributed by atoms with Crippen molar-refractivity contribution in [3.8, 4) is 5.75 Å². The van der Waals surface area contributed by atoms with Crippen molar-refractivity contribution in [1.82, 2.24) is 0 Å². The zero-order valence-corrected chi connectivity index (χ0v) is 17.6. The molecule has 28 heavy (non-hydrogen) atoms. The SMILES string of the molecule is CC(C)(C)c1cc(C2Nc3cccc4cccc(c34)N2)cc(C(C)(C)C)c1O. The lowest BCUT2D eigenvalue weighted by Gasteiger charge is -2.33. The van der Waals surface area contributed by atoms with E-state index >= 15 is 0 Å². The summed E-state index contributed by atoms with van der Waals surface area (Å²) in [6, 6.07) is 17.0. The third-order valence-corrected chi connectivity index (χ3v) is 5.59. The topological polar surface area (TPSA) is 44.3 Å². The highest BCUT2D eigenvalue weighted by molar-refractivity contribution is 6.04. The van der Waals surface area contributed by atoms with E-state index in [1.807, 2.05) is 0 Å². The number of phenolic OH excluding ortho intramolecular Hbond substituents is 1. The molecule has 1 aliphatic rings. The fourth-order valence-corrected chi connectivity index (χ4v) is 4.06. The van der Waals surface area contributed by atoms with Crippen LogP contribution in [0.3, 0.4) is 0 Å². The van der Waals surface area contributed by atoms with Crippen molar-refractivity contribution in [1.29, 1.82) is 0 Å². The maximum atomic E-state index is 11.0. The average molecular weight is 375 g/mol. The lowest BCUT2D eigenvalue weighted by Crippen LogP contribution is -2.26. The Kier molecular flexibility index (Phi) is 4.11. The van der Waals surface area contributed by atoms with Gasteiger partial charge in [-0.2, -0.15) is 0 Å². The van der Waals surface area contributed by atoms with Gasteiger partial charge in [-0.1, -0.05) is 65.8 Å². The Morgan fingerprint density at radius 3 is 1.64 bits per heavy atom. The number of benzene rings is 3. The second kappa shape index (κ2) is 6.16. The van der Waals surface area contributed by atoms with Crippen LogP contribution >= 0.6 is 0 Å². The van der Waals surface area contributed by atoms with Gasteiger partial charge >= 0.3 is 0 Å². The molecule has 0 saturated heterocycles. The lowest BCUT2D eigenvalue weighted by atomic mass is 9.78. The van der Waals surface area contributed by atoms with Crippen LogP contribution in [0.15, 0.2) is 48.5 Å². The van der Waals surface area contributed by atoms with Crippen molar-refractivity contribution in [3.63, 3.8) is 0 Å². The first kappa shape index (κ1) is 18.7. The Morgan fingerprint density at radius 2 is 1.21 bits per heavy atom. The van der Waals surface area contributed by atoms with Gasteiger partial charge in [-0.3, -0.25) is 0 Å².